The van der Waals surface area contributed by atoms with Gasteiger partial charge in [-0.3, -0.25) is 19.7 Å². The predicted molar refractivity (Wildman–Crippen MR) is 99.6 cm³/mol. The van der Waals surface area contributed by atoms with Crippen molar-refractivity contribution in [2.45, 2.75) is 0 Å². The molecule has 2 amide bonds. The van der Waals surface area contributed by atoms with Gasteiger partial charge in [-0.2, -0.15) is 5.10 Å². The zero-order chi connectivity index (χ0) is 19.6. The van der Waals surface area contributed by atoms with Crippen LogP contribution in [0.4, 0.5) is 11.4 Å². The first-order valence-electron chi connectivity index (χ1n) is 7.72. The number of carbonyl (C=O) groups excluding carboxylic acids is 2. The molecule has 0 heterocycles. The Hall–Kier alpha value is -4.01. The fraction of sp³-hybridized carbons (Fsp3) is 0.0556. The van der Waals surface area contributed by atoms with E-state index in [0.29, 0.717) is 23.6 Å². The molecule has 0 saturated carbocycles. The molecule has 0 bridgehead atoms. The molecule has 0 aliphatic heterocycles. The van der Waals surface area contributed by atoms with Crippen molar-refractivity contribution in [3.05, 3.63) is 76.9 Å². The summed E-state index contributed by atoms with van der Waals surface area (Å²) in [7, 11) is 0. The molecule has 2 N–H and O–H groups in total. The van der Waals surface area contributed by atoms with Gasteiger partial charge in [0.05, 0.1) is 11.1 Å². The van der Waals surface area contributed by atoms with E-state index in [-0.39, 0.29) is 5.69 Å². The smallest absolute Gasteiger partial charge is 0.329 e. The molecule has 0 unspecified atom stereocenters. The first-order valence-corrected chi connectivity index (χ1v) is 7.72. The number of nitro benzene ring substituents is 1. The van der Waals surface area contributed by atoms with E-state index >= 15 is 0 Å². The van der Waals surface area contributed by atoms with E-state index in [4.69, 9.17) is 4.74 Å². The SMILES string of the molecule is C=CCOc1ccc(NC(=O)C(=O)N/N=C\c2cccc([N+](=O)[O-])c2)cc1. The Labute approximate surface area is 154 Å². The van der Waals surface area contributed by atoms with Crippen LogP contribution in [-0.2, 0) is 9.59 Å². The average Bonchev–Trinajstić information content (AvgIpc) is 2.67. The summed E-state index contributed by atoms with van der Waals surface area (Å²) in [6, 6.07) is 12.1. The molecule has 0 saturated heterocycles. The van der Waals surface area contributed by atoms with Crippen LogP contribution < -0.4 is 15.5 Å². The first kappa shape index (κ1) is 19.3. The van der Waals surface area contributed by atoms with Gasteiger partial charge in [0.1, 0.15) is 12.4 Å². The highest BCUT2D eigenvalue weighted by Gasteiger charge is 2.13. The largest absolute Gasteiger partial charge is 0.490 e. The number of benzene rings is 2. The Balaban J connectivity index is 1.88. The maximum atomic E-state index is 11.8. The van der Waals surface area contributed by atoms with Crippen LogP contribution in [0.15, 0.2) is 66.3 Å². The second-order valence-electron chi connectivity index (χ2n) is 5.13. The van der Waals surface area contributed by atoms with Gasteiger partial charge in [-0.25, -0.2) is 5.43 Å². The van der Waals surface area contributed by atoms with Crippen molar-refractivity contribution < 1.29 is 19.2 Å². The summed E-state index contributed by atoms with van der Waals surface area (Å²) in [5, 5.41) is 16.7. The molecule has 9 nitrogen and oxygen atoms in total. The maximum Gasteiger partial charge on any atom is 0.329 e. The Kier molecular flexibility index (Phi) is 6.77. The van der Waals surface area contributed by atoms with Crippen LogP contribution in [0.5, 0.6) is 5.75 Å². The third kappa shape index (κ3) is 6.09. The minimum absolute atomic E-state index is 0.108. The summed E-state index contributed by atoms with van der Waals surface area (Å²) >= 11 is 0. The van der Waals surface area contributed by atoms with Crippen molar-refractivity contribution in [1.29, 1.82) is 0 Å². The van der Waals surface area contributed by atoms with Gasteiger partial charge in [0.15, 0.2) is 0 Å². The molecular weight excluding hydrogens is 352 g/mol. The number of anilines is 1. The molecule has 0 fully saturated rings. The fourth-order valence-electron chi connectivity index (χ4n) is 1.91. The number of non-ortho nitro benzene ring substituents is 1. The van der Waals surface area contributed by atoms with Gasteiger partial charge < -0.3 is 10.1 Å². The van der Waals surface area contributed by atoms with Crippen molar-refractivity contribution in [2.75, 3.05) is 11.9 Å². The van der Waals surface area contributed by atoms with Gasteiger partial charge in [0.2, 0.25) is 0 Å². The third-order valence-electron chi connectivity index (χ3n) is 3.15. The topological polar surface area (TPSA) is 123 Å². The summed E-state index contributed by atoms with van der Waals surface area (Å²) in [6.45, 7) is 3.90. The molecule has 2 rings (SSSR count). The molecule has 2 aromatic rings. The molecule has 0 spiro atoms. The first-order chi connectivity index (χ1) is 13.0. The molecule has 9 heteroatoms. The summed E-state index contributed by atoms with van der Waals surface area (Å²) in [5.41, 5.74) is 2.75. The highest BCUT2D eigenvalue weighted by molar-refractivity contribution is 6.39. The van der Waals surface area contributed by atoms with Crippen LogP contribution in [0.25, 0.3) is 0 Å². The number of carbonyl (C=O) groups is 2. The number of nitrogens with one attached hydrogen (secondary N) is 2. The number of amides is 2. The Morgan fingerprint density at radius 2 is 1.93 bits per heavy atom. The van der Waals surface area contributed by atoms with Gasteiger partial charge in [-0.15, -0.1) is 0 Å². The lowest BCUT2D eigenvalue weighted by Gasteiger charge is -2.06. The van der Waals surface area contributed by atoms with E-state index in [1.165, 1.54) is 24.4 Å². The van der Waals surface area contributed by atoms with Gasteiger partial charge >= 0.3 is 11.8 Å². The number of nitro groups is 1. The lowest BCUT2D eigenvalue weighted by Crippen LogP contribution is -2.32. The highest BCUT2D eigenvalue weighted by Crippen LogP contribution is 2.15. The molecule has 0 aromatic heterocycles. The summed E-state index contributed by atoms with van der Waals surface area (Å²) in [6.07, 6.45) is 2.80. The van der Waals surface area contributed by atoms with Crippen LogP contribution in [0.2, 0.25) is 0 Å². The van der Waals surface area contributed by atoms with Crippen molar-refractivity contribution in [2.24, 2.45) is 5.10 Å². The van der Waals surface area contributed by atoms with E-state index in [2.05, 4.69) is 22.4 Å². The molecule has 0 aliphatic rings. The van der Waals surface area contributed by atoms with Crippen LogP contribution in [0.3, 0.4) is 0 Å². The monoisotopic (exact) mass is 368 g/mol. The third-order valence-corrected chi connectivity index (χ3v) is 3.15. The summed E-state index contributed by atoms with van der Waals surface area (Å²) < 4.78 is 5.31. The van der Waals surface area contributed by atoms with Crippen molar-refractivity contribution in [3.63, 3.8) is 0 Å². The zero-order valence-corrected chi connectivity index (χ0v) is 14.1. The van der Waals surface area contributed by atoms with Gasteiger partial charge in [0.25, 0.3) is 5.69 Å². The molecule has 0 aliphatic carbocycles. The Bertz CT molecular complexity index is 878. The molecule has 0 atom stereocenters. The van der Waals surface area contributed by atoms with Crippen LogP contribution >= 0.6 is 0 Å². The molecule has 0 radical (unpaired) electrons. The number of hydrogen-bond donors (Lipinski definition) is 2. The Morgan fingerprint density at radius 3 is 2.59 bits per heavy atom. The fourth-order valence-corrected chi connectivity index (χ4v) is 1.91. The van der Waals surface area contributed by atoms with Crippen LogP contribution in [0.1, 0.15) is 5.56 Å². The van der Waals surface area contributed by atoms with Gasteiger partial charge in [0, 0.05) is 23.4 Å². The summed E-state index contributed by atoms with van der Waals surface area (Å²) in [5.74, 6) is -1.30. The van der Waals surface area contributed by atoms with E-state index in [0.717, 1.165) is 0 Å². The lowest BCUT2D eigenvalue weighted by atomic mass is 10.2. The standard InChI is InChI=1S/C18H16N4O5/c1-2-10-27-16-8-6-14(7-9-16)20-17(23)18(24)21-19-12-13-4-3-5-15(11-13)22(25)26/h2-9,11-12H,1,10H2,(H,20,23)(H,21,24)/b19-12-. The van der Waals surface area contributed by atoms with E-state index in [1.807, 2.05) is 0 Å². The predicted octanol–water partition coefficient (Wildman–Crippen LogP) is 2.25. The number of rotatable bonds is 7. The van der Waals surface area contributed by atoms with Crippen LogP contribution in [0, 0.1) is 10.1 Å². The second kappa shape index (κ2) is 9.47. The summed E-state index contributed by atoms with van der Waals surface area (Å²) in [4.78, 5) is 33.7. The van der Waals surface area contributed by atoms with Gasteiger partial charge in [-0.1, -0.05) is 24.8 Å². The quantitative estimate of drug-likeness (QED) is 0.255. The molecular formula is C18H16N4O5. The van der Waals surface area contributed by atoms with Crippen LogP contribution in [-0.4, -0.2) is 29.6 Å². The van der Waals surface area contributed by atoms with Crippen molar-refractivity contribution in [1.82, 2.24) is 5.43 Å². The van der Waals surface area contributed by atoms with E-state index < -0.39 is 16.7 Å². The number of ether oxygens (including phenoxy) is 1. The molecule has 138 valence electrons. The number of nitrogens with zero attached hydrogens (tertiary/aromatic N) is 2. The van der Waals surface area contributed by atoms with Crippen molar-refractivity contribution in [3.8, 4) is 5.75 Å². The highest BCUT2D eigenvalue weighted by atomic mass is 16.6. The average molecular weight is 368 g/mol. The Morgan fingerprint density at radius 1 is 1.19 bits per heavy atom. The minimum Gasteiger partial charge on any atom is -0.490 e. The second-order valence-corrected chi connectivity index (χ2v) is 5.13. The zero-order valence-electron chi connectivity index (χ0n) is 14.1. The van der Waals surface area contributed by atoms with E-state index in [1.54, 1.807) is 36.4 Å². The maximum absolute atomic E-state index is 11.8. The van der Waals surface area contributed by atoms with Gasteiger partial charge in [-0.05, 0) is 24.3 Å². The normalized spacial score (nSPS) is 10.2. The van der Waals surface area contributed by atoms with E-state index in [9.17, 15) is 19.7 Å². The lowest BCUT2D eigenvalue weighted by molar-refractivity contribution is -0.384. The minimum atomic E-state index is -0.983. The number of hydrazone groups is 1. The molecule has 27 heavy (non-hydrogen) atoms. The van der Waals surface area contributed by atoms with Crippen molar-refractivity contribution >= 4 is 29.4 Å². The molecule has 2 aromatic carbocycles. The number of hydrogen-bond acceptors (Lipinski definition) is 6.